The zero-order valence-corrected chi connectivity index (χ0v) is 11.7. The van der Waals surface area contributed by atoms with Crippen LogP contribution in [0.1, 0.15) is 38.7 Å². The molecule has 1 aliphatic rings. The minimum absolute atomic E-state index is 0.0125. The maximum absolute atomic E-state index is 12.1. The molecule has 0 spiro atoms. The Morgan fingerprint density at radius 1 is 1.32 bits per heavy atom. The van der Waals surface area contributed by atoms with Crippen LogP contribution in [0.2, 0.25) is 0 Å². The lowest BCUT2D eigenvalue weighted by Crippen LogP contribution is -2.54. The summed E-state index contributed by atoms with van der Waals surface area (Å²) in [6.45, 7) is 4.32. The summed E-state index contributed by atoms with van der Waals surface area (Å²) < 4.78 is 0. The Kier molecular flexibility index (Phi) is 4.43. The summed E-state index contributed by atoms with van der Waals surface area (Å²) in [6, 6.07) is 8.32. The van der Waals surface area contributed by atoms with E-state index < -0.39 is 0 Å². The van der Waals surface area contributed by atoms with Crippen molar-refractivity contribution >= 4 is 11.6 Å². The standard InChI is InChI=1S/C15H23N3O/c1-11-6-5-7-12(2)18(11)17-15(19)10-13-8-3-4-9-14(13)16/h3-4,8-9,11-12H,5-7,10,16H2,1-2H3,(H,17,19). The van der Waals surface area contributed by atoms with Crippen LogP contribution < -0.4 is 11.2 Å². The van der Waals surface area contributed by atoms with Crippen LogP contribution in [-0.4, -0.2) is 23.0 Å². The average Bonchev–Trinajstić information content (AvgIpc) is 2.37. The molecular formula is C15H23N3O. The molecule has 0 saturated carbocycles. The molecule has 4 nitrogen and oxygen atoms in total. The minimum Gasteiger partial charge on any atom is -0.398 e. The van der Waals surface area contributed by atoms with Gasteiger partial charge in [0.15, 0.2) is 0 Å². The van der Waals surface area contributed by atoms with Gasteiger partial charge in [0.2, 0.25) is 5.91 Å². The Labute approximate surface area is 114 Å². The molecule has 104 valence electrons. The Morgan fingerprint density at radius 3 is 2.58 bits per heavy atom. The van der Waals surface area contributed by atoms with Crippen molar-refractivity contribution in [3.63, 3.8) is 0 Å². The number of nitrogen functional groups attached to an aromatic ring is 1. The van der Waals surface area contributed by atoms with Gasteiger partial charge in [0, 0.05) is 17.8 Å². The maximum atomic E-state index is 12.1. The first kappa shape index (κ1) is 13.9. The number of carbonyl (C=O) groups excluding carboxylic acids is 1. The molecule has 0 aliphatic carbocycles. The summed E-state index contributed by atoms with van der Waals surface area (Å²) in [6.07, 6.45) is 3.85. The third-order valence-electron chi connectivity index (χ3n) is 3.85. The minimum atomic E-state index is 0.0125. The van der Waals surface area contributed by atoms with E-state index in [1.54, 1.807) is 0 Å². The number of hydrogen-bond donors (Lipinski definition) is 2. The fourth-order valence-electron chi connectivity index (χ4n) is 2.69. The van der Waals surface area contributed by atoms with Crippen molar-refractivity contribution in [2.45, 2.75) is 51.6 Å². The zero-order chi connectivity index (χ0) is 13.8. The number of hydrogen-bond acceptors (Lipinski definition) is 3. The molecule has 2 rings (SSSR count). The molecule has 0 aromatic heterocycles. The Hall–Kier alpha value is -1.55. The average molecular weight is 261 g/mol. The Morgan fingerprint density at radius 2 is 1.95 bits per heavy atom. The van der Waals surface area contributed by atoms with E-state index in [1.807, 2.05) is 24.3 Å². The molecule has 2 atom stereocenters. The highest BCUT2D eigenvalue weighted by Crippen LogP contribution is 2.20. The van der Waals surface area contributed by atoms with Crippen LogP contribution in [-0.2, 0) is 11.2 Å². The Bertz CT molecular complexity index is 437. The number of rotatable bonds is 3. The first-order valence-electron chi connectivity index (χ1n) is 6.99. The largest absolute Gasteiger partial charge is 0.398 e. The Balaban J connectivity index is 1.96. The molecule has 19 heavy (non-hydrogen) atoms. The third-order valence-corrected chi connectivity index (χ3v) is 3.85. The number of benzene rings is 1. The van der Waals surface area contributed by atoms with E-state index in [-0.39, 0.29) is 5.91 Å². The summed E-state index contributed by atoms with van der Waals surface area (Å²) >= 11 is 0. The number of nitrogens with two attached hydrogens (primary N) is 1. The van der Waals surface area contributed by atoms with Gasteiger partial charge in [0.05, 0.1) is 6.42 Å². The lowest BCUT2D eigenvalue weighted by atomic mass is 10.00. The quantitative estimate of drug-likeness (QED) is 0.819. The van der Waals surface area contributed by atoms with E-state index in [1.165, 1.54) is 6.42 Å². The van der Waals surface area contributed by atoms with Gasteiger partial charge < -0.3 is 5.73 Å². The lowest BCUT2D eigenvalue weighted by molar-refractivity contribution is -0.128. The van der Waals surface area contributed by atoms with E-state index in [4.69, 9.17) is 5.73 Å². The van der Waals surface area contributed by atoms with Crippen molar-refractivity contribution in [1.82, 2.24) is 10.4 Å². The van der Waals surface area contributed by atoms with Crippen LogP contribution in [0.25, 0.3) is 0 Å². The number of nitrogens with one attached hydrogen (secondary N) is 1. The predicted molar refractivity (Wildman–Crippen MR) is 77.3 cm³/mol. The van der Waals surface area contributed by atoms with Crippen molar-refractivity contribution in [2.24, 2.45) is 0 Å². The van der Waals surface area contributed by atoms with E-state index in [9.17, 15) is 4.79 Å². The zero-order valence-electron chi connectivity index (χ0n) is 11.7. The first-order chi connectivity index (χ1) is 9.08. The SMILES string of the molecule is CC1CCCC(C)N1NC(=O)Cc1ccccc1N. The lowest BCUT2D eigenvalue weighted by Gasteiger charge is -2.38. The number of amides is 1. The highest BCUT2D eigenvalue weighted by molar-refractivity contribution is 5.79. The van der Waals surface area contributed by atoms with E-state index in [0.29, 0.717) is 24.2 Å². The van der Waals surface area contributed by atoms with E-state index in [0.717, 1.165) is 18.4 Å². The monoisotopic (exact) mass is 261 g/mol. The molecule has 1 fully saturated rings. The molecule has 1 heterocycles. The molecule has 0 radical (unpaired) electrons. The van der Waals surface area contributed by atoms with Crippen molar-refractivity contribution < 1.29 is 4.79 Å². The molecule has 3 N–H and O–H groups in total. The maximum Gasteiger partial charge on any atom is 0.238 e. The van der Waals surface area contributed by atoms with Gasteiger partial charge in [-0.1, -0.05) is 24.6 Å². The second-order valence-electron chi connectivity index (χ2n) is 5.45. The molecule has 0 bridgehead atoms. The number of nitrogens with zero attached hydrogens (tertiary/aromatic N) is 1. The van der Waals surface area contributed by atoms with Gasteiger partial charge in [-0.15, -0.1) is 0 Å². The summed E-state index contributed by atoms with van der Waals surface area (Å²) in [5.41, 5.74) is 10.5. The predicted octanol–water partition coefficient (Wildman–Crippen LogP) is 2.11. The van der Waals surface area contributed by atoms with E-state index >= 15 is 0 Å². The van der Waals surface area contributed by atoms with Crippen molar-refractivity contribution in [3.05, 3.63) is 29.8 Å². The summed E-state index contributed by atoms with van der Waals surface area (Å²) in [4.78, 5) is 12.1. The van der Waals surface area contributed by atoms with Crippen LogP contribution in [0.15, 0.2) is 24.3 Å². The normalized spacial score (nSPS) is 24.1. The molecule has 2 unspecified atom stereocenters. The first-order valence-corrected chi connectivity index (χ1v) is 6.99. The van der Waals surface area contributed by atoms with Crippen LogP contribution in [0, 0.1) is 0 Å². The number of piperidine rings is 1. The number of hydrazine groups is 1. The topological polar surface area (TPSA) is 58.4 Å². The van der Waals surface area contributed by atoms with Gasteiger partial charge in [0.25, 0.3) is 0 Å². The van der Waals surface area contributed by atoms with Crippen molar-refractivity contribution in [3.8, 4) is 0 Å². The summed E-state index contributed by atoms with van der Waals surface area (Å²) in [5, 5.41) is 2.09. The fraction of sp³-hybridized carbons (Fsp3) is 0.533. The molecule has 4 heteroatoms. The molecule has 1 aromatic rings. The smallest absolute Gasteiger partial charge is 0.238 e. The van der Waals surface area contributed by atoms with Gasteiger partial charge in [0.1, 0.15) is 0 Å². The van der Waals surface area contributed by atoms with Crippen LogP contribution in [0.5, 0.6) is 0 Å². The van der Waals surface area contributed by atoms with Crippen LogP contribution >= 0.6 is 0 Å². The molecule has 1 aromatic carbocycles. The van der Waals surface area contributed by atoms with E-state index in [2.05, 4.69) is 24.3 Å². The van der Waals surface area contributed by atoms with Gasteiger partial charge >= 0.3 is 0 Å². The molecule has 1 saturated heterocycles. The number of carbonyl (C=O) groups is 1. The highest BCUT2D eigenvalue weighted by atomic mass is 16.2. The second-order valence-corrected chi connectivity index (χ2v) is 5.45. The van der Waals surface area contributed by atoms with Gasteiger partial charge in [-0.2, -0.15) is 0 Å². The summed E-state index contributed by atoms with van der Waals surface area (Å²) in [5.74, 6) is 0.0125. The van der Waals surface area contributed by atoms with Crippen molar-refractivity contribution in [2.75, 3.05) is 5.73 Å². The fourth-order valence-corrected chi connectivity index (χ4v) is 2.69. The van der Waals surface area contributed by atoms with Crippen LogP contribution in [0.3, 0.4) is 0 Å². The van der Waals surface area contributed by atoms with Crippen LogP contribution in [0.4, 0.5) is 5.69 Å². The summed E-state index contributed by atoms with van der Waals surface area (Å²) in [7, 11) is 0. The molecule has 1 amide bonds. The van der Waals surface area contributed by atoms with Gasteiger partial charge in [-0.25, -0.2) is 5.01 Å². The van der Waals surface area contributed by atoms with Crippen molar-refractivity contribution in [1.29, 1.82) is 0 Å². The third kappa shape index (κ3) is 3.47. The van der Waals surface area contributed by atoms with Gasteiger partial charge in [-0.05, 0) is 38.3 Å². The molecular weight excluding hydrogens is 238 g/mol. The van der Waals surface area contributed by atoms with Gasteiger partial charge in [-0.3, -0.25) is 10.2 Å². The second kappa shape index (κ2) is 6.06. The molecule has 1 aliphatic heterocycles. The number of para-hydroxylation sites is 1. The highest BCUT2D eigenvalue weighted by Gasteiger charge is 2.26. The number of anilines is 1.